The molecule has 164 valence electrons. The van der Waals surface area contributed by atoms with Crippen LogP contribution in [0.15, 0.2) is 60.7 Å². The maximum atomic E-state index is 13.3. The number of benzene rings is 2. The van der Waals surface area contributed by atoms with Gasteiger partial charge < -0.3 is 10.6 Å². The van der Waals surface area contributed by atoms with E-state index in [-0.39, 0.29) is 42.0 Å². The van der Waals surface area contributed by atoms with Gasteiger partial charge in [0.2, 0.25) is 11.8 Å². The van der Waals surface area contributed by atoms with Crippen LogP contribution in [0.2, 0.25) is 10.0 Å². The molecule has 1 heterocycles. The van der Waals surface area contributed by atoms with Crippen molar-refractivity contribution in [2.75, 3.05) is 11.9 Å². The average Bonchev–Trinajstić information content (AvgIpc) is 3.46. The molecule has 6 nitrogen and oxygen atoms in total. The van der Waals surface area contributed by atoms with Crippen molar-refractivity contribution in [1.29, 1.82) is 0 Å². The molecule has 5 unspecified atom stereocenters. The van der Waals surface area contributed by atoms with Crippen molar-refractivity contribution in [3.63, 3.8) is 0 Å². The van der Waals surface area contributed by atoms with E-state index in [4.69, 9.17) is 23.2 Å². The van der Waals surface area contributed by atoms with Gasteiger partial charge in [-0.25, -0.2) is 4.79 Å². The topological polar surface area (TPSA) is 78.5 Å². The number of imide groups is 1. The van der Waals surface area contributed by atoms with Crippen molar-refractivity contribution < 1.29 is 14.4 Å². The number of halogens is 2. The maximum Gasteiger partial charge on any atom is 0.319 e. The maximum absolute atomic E-state index is 13.3. The first-order valence-corrected chi connectivity index (χ1v) is 11.3. The number of anilines is 1. The van der Waals surface area contributed by atoms with E-state index < -0.39 is 12.1 Å². The summed E-state index contributed by atoms with van der Waals surface area (Å²) in [5.41, 5.74) is 1.20. The highest BCUT2D eigenvalue weighted by atomic mass is 35.5. The molecule has 2 fully saturated rings. The molecule has 2 aromatic rings. The van der Waals surface area contributed by atoms with Gasteiger partial charge in [-0.05, 0) is 42.0 Å². The van der Waals surface area contributed by atoms with Crippen molar-refractivity contribution in [3.8, 4) is 0 Å². The molecular formula is C24H21Cl2N3O3. The average molecular weight is 470 g/mol. The number of hydrogen-bond donors (Lipinski definition) is 2. The van der Waals surface area contributed by atoms with E-state index in [1.165, 1.54) is 11.0 Å². The summed E-state index contributed by atoms with van der Waals surface area (Å²) < 4.78 is 0. The zero-order valence-corrected chi connectivity index (χ0v) is 18.5. The summed E-state index contributed by atoms with van der Waals surface area (Å²) in [6, 6.07) is 13.0. The van der Waals surface area contributed by atoms with E-state index in [1.807, 2.05) is 30.3 Å². The van der Waals surface area contributed by atoms with Gasteiger partial charge in [0.1, 0.15) is 0 Å². The highest BCUT2D eigenvalue weighted by Crippen LogP contribution is 2.53. The SMILES string of the molecule is O=C(NCC(c1ccccc1)N1C(=O)C2C3C=CC(C3)C2C1=O)Nc1ccc(Cl)cc1Cl. The Balaban J connectivity index is 1.35. The standard InChI is InChI=1S/C24H21Cl2N3O3/c25-16-8-9-18(17(26)11-16)28-24(32)27-12-19(13-4-2-1-3-5-13)29-22(30)20-14-6-7-15(10-14)21(20)23(29)31/h1-9,11,14-15,19-21H,10,12H2,(H2,27,28,32). The van der Waals surface area contributed by atoms with Crippen molar-refractivity contribution >= 4 is 46.7 Å². The molecule has 5 rings (SSSR count). The Hall–Kier alpha value is -2.83. The van der Waals surface area contributed by atoms with Crippen LogP contribution in [0.3, 0.4) is 0 Å². The first kappa shape index (κ1) is 21.0. The second kappa shape index (κ2) is 8.26. The number of urea groups is 1. The minimum Gasteiger partial charge on any atom is -0.335 e. The molecule has 5 atom stereocenters. The number of carbonyl (C=O) groups is 3. The lowest BCUT2D eigenvalue weighted by Gasteiger charge is -2.28. The summed E-state index contributed by atoms with van der Waals surface area (Å²) >= 11 is 12.0. The van der Waals surface area contributed by atoms with Crippen molar-refractivity contribution in [2.45, 2.75) is 12.5 Å². The summed E-state index contributed by atoms with van der Waals surface area (Å²) in [6.45, 7) is 0.0841. The monoisotopic (exact) mass is 469 g/mol. The molecule has 3 aliphatic rings. The van der Waals surface area contributed by atoms with Crippen LogP contribution in [-0.4, -0.2) is 29.3 Å². The Bertz CT molecular complexity index is 1090. The predicted octanol–water partition coefficient (Wildman–Crippen LogP) is 4.66. The second-order valence-corrected chi connectivity index (χ2v) is 9.28. The van der Waals surface area contributed by atoms with Crippen molar-refractivity contribution in [2.24, 2.45) is 23.7 Å². The fraction of sp³-hybridized carbons (Fsp3) is 0.292. The number of fused-ring (bicyclic) bond motifs is 5. The van der Waals surface area contributed by atoms with Crippen LogP contribution in [0.5, 0.6) is 0 Å². The van der Waals surface area contributed by atoms with Crippen LogP contribution in [-0.2, 0) is 9.59 Å². The number of amides is 4. The second-order valence-electron chi connectivity index (χ2n) is 8.43. The number of nitrogens with zero attached hydrogens (tertiary/aromatic N) is 1. The summed E-state index contributed by atoms with van der Waals surface area (Å²) in [5, 5.41) is 6.25. The number of allylic oxidation sites excluding steroid dienone is 2. The Morgan fingerprint density at radius 3 is 2.28 bits per heavy atom. The lowest BCUT2D eigenvalue weighted by Crippen LogP contribution is -2.43. The molecule has 4 amide bonds. The van der Waals surface area contributed by atoms with Crippen molar-refractivity contribution in [1.82, 2.24) is 10.2 Å². The fourth-order valence-electron chi connectivity index (χ4n) is 5.21. The Labute approximate surface area is 195 Å². The molecule has 32 heavy (non-hydrogen) atoms. The quantitative estimate of drug-likeness (QED) is 0.493. The lowest BCUT2D eigenvalue weighted by atomic mass is 9.85. The largest absolute Gasteiger partial charge is 0.335 e. The third-order valence-corrected chi connectivity index (χ3v) is 7.18. The van der Waals surface area contributed by atoms with E-state index in [9.17, 15) is 14.4 Å². The minimum atomic E-state index is -0.590. The third-order valence-electron chi connectivity index (χ3n) is 6.64. The lowest BCUT2D eigenvalue weighted by molar-refractivity contribution is -0.143. The molecule has 2 aromatic carbocycles. The smallest absolute Gasteiger partial charge is 0.319 e. The van der Waals surface area contributed by atoms with Crippen LogP contribution in [0, 0.1) is 23.7 Å². The van der Waals surface area contributed by atoms with Crippen molar-refractivity contribution in [3.05, 3.63) is 76.3 Å². The van der Waals surface area contributed by atoms with Crippen LogP contribution in [0.25, 0.3) is 0 Å². The van der Waals surface area contributed by atoms with Crippen LogP contribution < -0.4 is 10.6 Å². The fourth-order valence-corrected chi connectivity index (χ4v) is 5.67. The van der Waals surface area contributed by atoms with Crippen LogP contribution in [0.4, 0.5) is 10.5 Å². The van der Waals surface area contributed by atoms with Crippen LogP contribution in [0.1, 0.15) is 18.0 Å². The van der Waals surface area contributed by atoms with Gasteiger partial charge in [-0.1, -0.05) is 65.7 Å². The van der Waals surface area contributed by atoms with E-state index in [2.05, 4.69) is 22.8 Å². The minimum absolute atomic E-state index is 0.0841. The molecule has 2 N–H and O–H groups in total. The van der Waals surface area contributed by atoms with Gasteiger partial charge in [-0.2, -0.15) is 0 Å². The van der Waals surface area contributed by atoms with E-state index in [0.717, 1.165) is 12.0 Å². The molecule has 2 bridgehead atoms. The number of likely N-dealkylation sites (tertiary alicyclic amines) is 1. The Morgan fingerprint density at radius 2 is 1.66 bits per heavy atom. The zero-order chi connectivity index (χ0) is 22.4. The zero-order valence-electron chi connectivity index (χ0n) is 17.0. The number of nitrogens with one attached hydrogen (secondary N) is 2. The van der Waals surface area contributed by atoms with E-state index in [0.29, 0.717) is 15.7 Å². The number of carbonyl (C=O) groups excluding carboxylic acids is 3. The number of hydrogen-bond acceptors (Lipinski definition) is 3. The molecule has 0 radical (unpaired) electrons. The molecule has 0 spiro atoms. The summed E-state index contributed by atoms with van der Waals surface area (Å²) in [7, 11) is 0. The highest BCUT2D eigenvalue weighted by Gasteiger charge is 2.60. The van der Waals surface area contributed by atoms with Gasteiger partial charge >= 0.3 is 6.03 Å². The van der Waals surface area contributed by atoms with Gasteiger partial charge in [0.05, 0.1) is 28.6 Å². The van der Waals surface area contributed by atoms with Gasteiger partial charge in [0, 0.05) is 11.6 Å². The van der Waals surface area contributed by atoms with E-state index in [1.54, 1.807) is 12.1 Å². The molecule has 0 aromatic heterocycles. The van der Waals surface area contributed by atoms with Gasteiger partial charge in [-0.15, -0.1) is 0 Å². The van der Waals surface area contributed by atoms with Gasteiger partial charge in [0.25, 0.3) is 0 Å². The molecule has 1 aliphatic heterocycles. The normalized spacial score (nSPS) is 26.4. The summed E-state index contributed by atoms with van der Waals surface area (Å²) in [4.78, 5) is 40.6. The first-order chi connectivity index (χ1) is 15.4. The number of rotatable bonds is 5. The molecule has 1 saturated carbocycles. The molecule has 2 aliphatic carbocycles. The Morgan fingerprint density at radius 1 is 1.00 bits per heavy atom. The third kappa shape index (κ3) is 3.57. The predicted molar refractivity (Wildman–Crippen MR) is 122 cm³/mol. The van der Waals surface area contributed by atoms with E-state index >= 15 is 0 Å². The first-order valence-electron chi connectivity index (χ1n) is 10.5. The van der Waals surface area contributed by atoms with Gasteiger partial charge in [0.15, 0.2) is 0 Å². The molecule has 8 heteroatoms. The Kier molecular flexibility index (Phi) is 5.43. The summed E-state index contributed by atoms with van der Waals surface area (Å²) in [6.07, 6.45) is 5.01. The molecular weight excluding hydrogens is 449 g/mol. The summed E-state index contributed by atoms with van der Waals surface area (Å²) in [5.74, 6) is -0.601. The highest BCUT2D eigenvalue weighted by molar-refractivity contribution is 6.36. The molecule has 1 saturated heterocycles. The van der Waals surface area contributed by atoms with Gasteiger partial charge in [-0.3, -0.25) is 14.5 Å². The van der Waals surface area contributed by atoms with Crippen LogP contribution >= 0.6 is 23.2 Å².